The Hall–Kier alpha value is -3.02. The van der Waals surface area contributed by atoms with Crippen LogP contribution < -0.4 is 15.3 Å². The molecule has 5 heteroatoms. The second-order valence-corrected chi connectivity index (χ2v) is 14.9. The van der Waals surface area contributed by atoms with Crippen LogP contribution in [0.1, 0.15) is 59.8 Å². The van der Waals surface area contributed by atoms with Gasteiger partial charge in [0, 0.05) is 39.5 Å². The first-order valence-corrected chi connectivity index (χ1v) is 17.0. The van der Waals surface area contributed by atoms with E-state index in [0.29, 0.717) is 40.4 Å². The van der Waals surface area contributed by atoms with Gasteiger partial charge in [0.1, 0.15) is 0 Å². The molecule has 0 aliphatic carbocycles. The molecule has 5 aliphatic heterocycles. The van der Waals surface area contributed by atoms with Crippen LogP contribution in [0.5, 0.6) is 0 Å². The van der Waals surface area contributed by atoms with E-state index in [0.717, 1.165) is 6.42 Å². The minimum atomic E-state index is 0.461. The van der Waals surface area contributed by atoms with E-state index in [1.165, 1.54) is 34.0 Å². The van der Waals surface area contributed by atoms with Gasteiger partial charge in [-0.05, 0) is 65.9 Å². The normalized spacial score (nSPS) is 29.1. The third kappa shape index (κ3) is 3.48. The van der Waals surface area contributed by atoms with Gasteiger partial charge < -0.3 is 9.80 Å². The van der Waals surface area contributed by atoms with Gasteiger partial charge in [-0.1, -0.05) is 97.3 Å². The highest BCUT2D eigenvalue weighted by molar-refractivity contribution is 8.03. The summed E-state index contributed by atoms with van der Waals surface area (Å²) in [5.74, 6) is 1.15. The fourth-order valence-corrected chi connectivity index (χ4v) is 11.8. The second-order valence-electron chi connectivity index (χ2n) is 12.4. The maximum absolute atomic E-state index is 2.87. The molecule has 9 rings (SSSR count). The molecule has 0 amide bonds. The van der Waals surface area contributed by atoms with Crippen LogP contribution in [-0.2, 0) is 0 Å². The molecular formula is C36H33BN2S2. The molecule has 6 atom stereocenters. The molecule has 0 aromatic heterocycles. The molecule has 2 nitrogen and oxygen atoms in total. The summed E-state index contributed by atoms with van der Waals surface area (Å²) in [6.45, 7) is 5.42. The largest absolute Gasteiger partial charge is 0.357 e. The van der Waals surface area contributed by atoms with Crippen molar-refractivity contribution < 1.29 is 0 Å². The summed E-state index contributed by atoms with van der Waals surface area (Å²) in [6, 6.07) is 39.1. The zero-order valence-corrected chi connectivity index (χ0v) is 25.1. The Morgan fingerprint density at radius 1 is 0.756 bits per heavy atom. The van der Waals surface area contributed by atoms with E-state index in [2.05, 4.69) is 150 Å². The van der Waals surface area contributed by atoms with Gasteiger partial charge in [0.05, 0.1) is 10.4 Å². The maximum Gasteiger partial charge on any atom is 0.219 e. The lowest BCUT2D eigenvalue weighted by molar-refractivity contribution is 0.560. The van der Waals surface area contributed by atoms with Gasteiger partial charge in [-0.15, -0.1) is 23.5 Å². The lowest BCUT2D eigenvalue weighted by Gasteiger charge is -2.48. The third-order valence-electron chi connectivity index (χ3n) is 10.4. The molecule has 202 valence electrons. The SMILES string of the molecule is CC1c2ccc3c4c2N(C1C)C1SC(c2ccccc2)CC1B4C1=C(SC(c2ccccc2)C1)N3c1ccccc1. The van der Waals surface area contributed by atoms with E-state index in [-0.39, 0.29) is 0 Å². The summed E-state index contributed by atoms with van der Waals surface area (Å²) in [6.07, 6.45) is 2.38. The van der Waals surface area contributed by atoms with Crippen LogP contribution in [0.3, 0.4) is 0 Å². The number of benzene rings is 4. The number of para-hydroxylation sites is 1. The third-order valence-corrected chi connectivity index (χ3v) is 13.5. The molecule has 0 spiro atoms. The van der Waals surface area contributed by atoms with E-state index in [4.69, 9.17) is 0 Å². The van der Waals surface area contributed by atoms with E-state index in [1.54, 1.807) is 22.2 Å². The van der Waals surface area contributed by atoms with E-state index >= 15 is 0 Å². The zero-order valence-electron chi connectivity index (χ0n) is 23.5. The molecule has 0 radical (unpaired) electrons. The Morgan fingerprint density at radius 3 is 2.12 bits per heavy atom. The fraction of sp³-hybridized carbons (Fsp3) is 0.278. The number of allylic oxidation sites excluding steroid dienone is 1. The molecule has 0 N–H and O–H groups in total. The standard InChI is InChI=1S/C36H33BN2S2/c1-22-23(2)38-34-27(22)18-19-30-33(34)37(28-20-31(40-35(28)38)24-12-6-3-7-13-24)29-21-32(25-14-8-4-9-15-25)41-36(29)39(30)26-16-10-5-11-17-26/h3-19,22-23,28,31-32,35H,20-21H2,1-2H3. The summed E-state index contributed by atoms with van der Waals surface area (Å²) >= 11 is 4.35. The number of anilines is 3. The van der Waals surface area contributed by atoms with Crippen molar-refractivity contribution in [1.29, 1.82) is 0 Å². The molecule has 5 aliphatic rings. The maximum atomic E-state index is 2.87. The Morgan fingerprint density at radius 2 is 1.41 bits per heavy atom. The summed E-state index contributed by atoms with van der Waals surface area (Å²) in [7, 11) is 0. The number of thioether (sulfide) groups is 2. The summed E-state index contributed by atoms with van der Waals surface area (Å²) in [5.41, 5.74) is 12.1. The van der Waals surface area contributed by atoms with Crippen LogP contribution in [0, 0.1) is 0 Å². The van der Waals surface area contributed by atoms with Gasteiger partial charge in [0.15, 0.2) is 0 Å². The van der Waals surface area contributed by atoms with Crippen LogP contribution >= 0.6 is 23.5 Å². The molecule has 1 fully saturated rings. The quantitative estimate of drug-likeness (QED) is 0.227. The summed E-state index contributed by atoms with van der Waals surface area (Å²) in [5, 5.41) is 3.01. The van der Waals surface area contributed by atoms with Crippen molar-refractivity contribution in [3.8, 4) is 0 Å². The first kappa shape index (κ1) is 24.6. The number of hydrogen-bond acceptors (Lipinski definition) is 4. The number of hydrogen-bond donors (Lipinski definition) is 0. The van der Waals surface area contributed by atoms with Crippen molar-refractivity contribution in [2.45, 2.75) is 60.3 Å². The average Bonchev–Trinajstić information content (AvgIpc) is 3.73. The first-order valence-electron chi connectivity index (χ1n) is 15.1. The average molecular weight is 569 g/mol. The van der Waals surface area contributed by atoms with Crippen molar-refractivity contribution in [2.24, 2.45) is 0 Å². The Kier molecular flexibility index (Phi) is 5.54. The van der Waals surface area contributed by atoms with Gasteiger partial charge >= 0.3 is 0 Å². The van der Waals surface area contributed by atoms with Gasteiger partial charge in [-0.3, -0.25) is 0 Å². The number of rotatable bonds is 3. The molecule has 1 saturated heterocycles. The molecule has 4 aromatic carbocycles. The van der Waals surface area contributed by atoms with Gasteiger partial charge in [-0.25, -0.2) is 0 Å². The Labute approximate surface area is 252 Å². The smallest absolute Gasteiger partial charge is 0.219 e. The molecule has 0 bridgehead atoms. The van der Waals surface area contributed by atoms with Crippen LogP contribution in [0.2, 0.25) is 5.82 Å². The van der Waals surface area contributed by atoms with E-state index < -0.39 is 0 Å². The molecule has 5 heterocycles. The first-order chi connectivity index (χ1) is 20.2. The predicted octanol–water partition coefficient (Wildman–Crippen LogP) is 9.07. The van der Waals surface area contributed by atoms with Crippen molar-refractivity contribution in [3.63, 3.8) is 0 Å². The topological polar surface area (TPSA) is 6.48 Å². The van der Waals surface area contributed by atoms with Gasteiger partial charge in [0.25, 0.3) is 0 Å². The number of fused-ring (bicyclic) bond motifs is 4. The summed E-state index contributed by atoms with van der Waals surface area (Å²) in [4.78, 5) is 5.50. The lowest BCUT2D eigenvalue weighted by atomic mass is 9.29. The molecule has 6 unspecified atom stereocenters. The molecule has 4 aromatic rings. The minimum absolute atomic E-state index is 0.461. The highest BCUT2D eigenvalue weighted by Gasteiger charge is 2.58. The Bertz CT molecular complexity index is 1670. The van der Waals surface area contributed by atoms with Crippen molar-refractivity contribution in [2.75, 3.05) is 9.80 Å². The van der Waals surface area contributed by atoms with Crippen LogP contribution in [0.15, 0.2) is 114 Å². The Balaban J connectivity index is 1.26. The van der Waals surface area contributed by atoms with Crippen LogP contribution in [0.4, 0.5) is 17.1 Å². The number of nitrogens with zero attached hydrogens (tertiary/aromatic N) is 2. The summed E-state index contributed by atoms with van der Waals surface area (Å²) < 4.78 is 0. The minimum Gasteiger partial charge on any atom is -0.357 e. The van der Waals surface area contributed by atoms with E-state index in [1.807, 2.05) is 0 Å². The van der Waals surface area contributed by atoms with Crippen molar-refractivity contribution >= 4 is 52.8 Å². The van der Waals surface area contributed by atoms with Crippen LogP contribution in [-0.4, -0.2) is 18.1 Å². The highest BCUT2D eigenvalue weighted by atomic mass is 32.2. The lowest BCUT2D eigenvalue weighted by Crippen LogP contribution is -2.57. The molecule has 41 heavy (non-hydrogen) atoms. The second kappa shape index (κ2) is 9.24. The monoisotopic (exact) mass is 568 g/mol. The van der Waals surface area contributed by atoms with Crippen molar-refractivity contribution in [3.05, 3.63) is 130 Å². The van der Waals surface area contributed by atoms with E-state index in [9.17, 15) is 0 Å². The fourth-order valence-electron chi connectivity index (χ4n) is 8.42. The highest BCUT2D eigenvalue weighted by Crippen LogP contribution is 2.65. The van der Waals surface area contributed by atoms with Gasteiger partial charge in [0.2, 0.25) is 6.71 Å². The molecular weight excluding hydrogens is 535 g/mol. The predicted molar refractivity (Wildman–Crippen MR) is 178 cm³/mol. The molecule has 0 saturated carbocycles. The van der Waals surface area contributed by atoms with Crippen molar-refractivity contribution in [1.82, 2.24) is 0 Å². The van der Waals surface area contributed by atoms with Gasteiger partial charge in [-0.2, -0.15) is 0 Å². The van der Waals surface area contributed by atoms with Crippen LogP contribution in [0.25, 0.3) is 0 Å². The zero-order chi connectivity index (χ0) is 27.2.